The molecule has 1 aliphatic rings. The number of hydrogen-bond acceptors (Lipinski definition) is 5. The number of rotatable bonds is 5. The Morgan fingerprint density at radius 2 is 2.12 bits per heavy atom. The second-order valence-electron chi connectivity index (χ2n) is 4.49. The number of aromatic nitrogens is 2. The molecule has 1 aliphatic heterocycles. The molecule has 17 heavy (non-hydrogen) atoms. The summed E-state index contributed by atoms with van der Waals surface area (Å²) < 4.78 is 5.23. The lowest BCUT2D eigenvalue weighted by Gasteiger charge is -2.33. The van der Waals surface area contributed by atoms with E-state index in [4.69, 9.17) is 4.52 Å². The summed E-state index contributed by atoms with van der Waals surface area (Å²) in [6.07, 6.45) is 3.06. The minimum Gasteiger partial charge on any atom is -0.339 e. The van der Waals surface area contributed by atoms with Crippen molar-refractivity contribution in [1.82, 2.24) is 20.4 Å². The maximum absolute atomic E-state index is 5.23. The molecule has 96 valence electrons. The van der Waals surface area contributed by atoms with Crippen LogP contribution >= 0.6 is 0 Å². The van der Waals surface area contributed by atoms with Gasteiger partial charge in [0.1, 0.15) is 0 Å². The average molecular weight is 238 g/mol. The Bertz CT molecular complexity index is 333. The molecule has 1 N–H and O–H groups in total. The molecule has 1 unspecified atom stereocenters. The maximum Gasteiger partial charge on any atom is 0.226 e. The fourth-order valence-corrected chi connectivity index (χ4v) is 2.29. The number of nitrogens with one attached hydrogen (secondary N) is 1. The molecule has 1 aromatic rings. The highest BCUT2D eigenvalue weighted by Gasteiger charge is 2.25. The monoisotopic (exact) mass is 238 g/mol. The van der Waals surface area contributed by atoms with Crippen LogP contribution in [0.15, 0.2) is 4.52 Å². The first-order valence-electron chi connectivity index (χ1n) is 6.62. The van der Waals surface area contributed by atoms with Crippen LogP contribution in [0.4, 0.5) is 0 Å². The average Bonchev–Trinajstić information content (AvgIpc) is 2.85. The molecule has 5 nitrogen and oxygen atoms in total. The summed E-state index contributed by atoms with van der Waals surface area (Å²) in [5, 5.41) is 7.51. The Labute approximate surface area is 103 Å². The number of hydrogen-bond donors (Lipinski definition) is 1. The van der Waals surface area contributed by atoms with Crippen LogP contribution < -0.4 is 5.32 Å². The second kappa shape index (κ2) is 6.12. The predicted molar refractivity (Wildman–Crippen MR) is 65.8 cm³/mol. The van der Waals surface area contributed by atoms with Gasteiger partial charge in [-0.05, 0) is 6.42 Å². The summed E-state index contributed by atoms with van der Waals surface area (Å²) in [5.74, 6) is 1.61. The third-order valence-electron chi connectivity index (χ3n) is 3.24. The molecule has 1 saturated heterocycles. The molecule has 1 aromatic heterocycles. The molecule has 0 radical (unpaired) electrons. The van der Waals surface area contributed by atoms with E-state index in [-0.39, 0.29) is 0 Å². The fourth-order valence-electron chi connectivity index (χ4n) is 2.29. The van der Waals surface area contributed by atoms with Crippen molar-refractivity contribution >= 4 is 0 Å². The largest absolute Gasteiger partial charge is 0.339 e. The van der Waals surface area contributed by atoms with Gasteiger partial charge in [0.05, 0.1) is 6.04 Å². The summed E-state index contributed by atoms with van der Waals surface area (Å²) >= 11 is 0. The maximum atomic E-state index is 5.23. The van der Waals surface area contributed by atoms with E-state index in [0.717, 1.165) is 57.2 Å². The van der Waals surface area contributed by atoms with Crippen LogP contribution in [0.1, 0.15) is 44.4 Å². The molecule has 0 saturated carbocycles. The molecule has 2 rings (SSSR count). The van der Waals surface area contributed by atoms with Gasteiger partial charge in [-0.2, -0.15) is 4.98 Å². The van der Waals surface area contributed by atoms with E-state index in [1.807, 2.05) is 6.92 Å². The number of piperazine rings is 1. The van der Waals surface area contributed by atoms with E-state index in [2.05, 4.69) is 27.3 Å². The molecule has 5 heteroatoms. The fraction of sp³-hybridized carbons (Fsp3) is 0.833. The van der Waals surface area contributed by atoms with Gasteiger partial charge < -0.3 is 9.84 Å². The Kier molecular flexibility index (Phi) is 4.50. The molecular formula is C12H22N4O. The van der Waals surface area contributed by atoms with Crippen LogP contribution in [-0.4, -0.2) is 41.2 Å². The molecule has 0 aromatic carbocycles. The molecule has 2 heterocycles. The minimum absolute atomic E-state index is 0.325. The highest BCUT2D eigenvalue weighted by atomic mass is 16.5. The standard InChI is InChI=1S/C12H22N4O/c1-3-5-10(16-8-6-13-7-9-16)12-14-11(4-2)17-15-12/h10,13H,3-9H2,1-2H3. The Morgan fingerprint density at radius 1 is 1.35 bits per heavy atom. The molecular weight excluding hydrogens is 216 g/mol. The van der Waals surface area contributed by atoms with E-state index in [1.54, 1.807) is 0 Å². The second-order valence-corrected chi connectivity index (χ2v) is 4.49. The van der Waals surface area contributed by atoms with Crippen molar-refractivity contribution in [2.75, 3.05) is 26.2 Å². The van der Waals surface area contributed by atoms with Crippen LogP contribution in [0.3, 0.4) is 0 Å². The Hall–Kier alpha value is -0.940. The first-order valence-corrected chi connectivity index (χ1v) is 6.62. The van der Waals surface area contributed by atoms with Crippen LogP contribution in [0.25, 0.3) is 0 Å². The minimum atomic E-state index is 0.325. The van der Waals surface area contributed by atoms with Gasteiger partial charge in [-0.15, -0.1) is 0 Å². The van der Waals surface area contributed by atoms with Crippen LogP contribution in [-0.2, 0) is 6.42 Å². The van der Waals surface area contributed by atoms with Crippen molar-refractivity contribution in [3.63, 3.8) is 0 Å². The SMILES string of the molecule is CCCC(c1noc(CC)n1)N1CCNCC1. The van der Waals surface area contributed by atoms with Crippen molar-refractivity contribution < 1.29 is 4.52 Å². The smallest absolute Gasteiger partial charge is 0.226 e. The zero-order chi connectivity index (χ0) is 12.1. The van der Waals surface area contributed by atoms with E-state index in [1.165, 1.54) is 0 Å². The summed E-state index contributed by atoms with van der Waals surface area (Å²) in [6.45, 7) is 8.49. The van der Waals surface area contributed by atoms with E-state index in [0.29, 0.717) is 6.04 Å². The van der Waals surface area contributed by atoms with E-state index in [9.17, 15) is 0 Å². The summed E-state index contributed by atoms with van der Waals surface area (Å²) in [4.78, 5) is 6.95. The van der Waals surface area contributed by atoms with Crippen LogP contribution in [0.2, 0.25) is 0 Å². The van der Waals surface area contributed by atoms with Crippen LogP contribution in [0, 0.1) is 0 Å². The Morgan fingerprint density at radius 3 is 2.71 bits per heavy atom. The summed E-state index contributed by atoms with van der Waals surface area (Å²) in [5.41, 5.74) is 0. The number of aryl methyl sites for hydroxylation is 1. The van der Waals surface area contributed by atoms with Crippen molar-refractivity contribution in [1.29, 1.82) is 0 Å². The molecule has 1 fully saturated rings. The topological polar surface area (TPSA) is 54.2 Å². The molecule has 0 aliphatic carbocycles. The molecule has 0 amide bonds. The normalized spacial score (nSPS) is 19.4. The third kappa shape index (κ3) is 3.04. The summed E-state index contributed by atoms with van der Waals surface area (Å²) in [6, 6.07) is 0.325. The zero-order valence-corrected chi connectivity index (χ0v) is 10.8. The quantitative estimate of drug-likeness (QED) is 0.840. The lowest BCUT2D eigenvalue weighted by atomic mass is 10.1. The van der Waals surface area contributed by atoms with Gasteiger partial charge >= 0.3 is 0 Å². The van der Waals surface area contributed by atoms with Crippen molar-refractivity contribution in [3.05, 3.63) is 11.7 Å². The lowest BCUT2D eigenvalue weighted by Crippen LogP contribution is -2.45. The molecule has 0 bridgehead atoms. The molecule has 0 spiro atoms. The van der Waals surface area contributed by atoms with Gasteiger partial charge in [-0.25, -0.2) is 0 Å². The van der Waals surface area contributed by atoms with Gasteiger partial charge in [-0.1, -0.05) is 25.4 Å². The first-order chi connectivity index (χ1) is 8.35. The van der Waals surface area contributed by atoms with Gasteiger partial charge in [0.15, 0.2) is 5.82 Å². The van der Waals surface area contributed by atoms with Crippen molar-refractivity contribution in [3.8, 4) is 0 Å². The van der Waals surface area contributed by atoms with E-state index >= 15 is 0 Å². The van der Waals surface area contributed by atoms with Gasteiger partial charge in [-0.3, -0.25) is 4.90 Å². The van der Waals surface area contributed by atoms with Gasteiger partial charge in [0.25, 0.3) is 0 Å². The molecule has 1 atom stereocenters. The highest BCUT2D eigenvalue weighted by Crippen LogP contribution is 2.23. The lowest BCUT2D eigenvalue weighted by molar-refractivity contribution is 0.155. The third-order valence-corrected chi connectivity index (χ3v) is 3.24. The highest BCUT2D eigenvalue weighted by molar-refractivity contribution is 4.96. The van der Waals surface area contributed by atoms with Crippen LogP contribution in [0.5, 0.6) is 0 Å². The predicted octanol–water partition coefficient (Wildman–Crippen LogP) is 1.38. The first kappa shape index (κ1) is 12.5. The zero-order valence-electron chi connectivity index (χ0n) is 10.8. The Balaban J connectivity index is 2.09. The number of nitrogens with zero attached hydrogens (tertiary/aromatic N) is 3. The van der Waals surface area contributed by atoms with E-state index < -0.39 is 0 Å². The van der Waals surface area contributed by atoms with Gasteiger partial charge in [0, 0.05) is 32.6 Å². The van der Waals surface area contributed by atoms with Gasteiger partial charge in [0.2, 0.25) is 5.89 Å². The summed E-state index contributed by atoms with van der Waals surface area (Å²) in [7, 11) is 0. The van der Waals surface area contributed by atoms with Crippen molar-refractivity contribution in [2.24, 2.45) is 0 Å². The van der Waals surface area contributed by atoms with Crippen molar-refractivity contribution in [2.45, 2.75) is 39.2 Å².